The number of aliphatic hydroxyl groups excluding tert-OH is 1. The van der Waals surface area contributed by atoms with Crippen LogP contribution in [0.5, 0.6) is 5.75 Å². The molecule has 0 spiro atoms. The number of Topliss-reactive ketones (excluding diaryl/α,β-unsaturated/α-hetero) is 1. The largest absolute Gasteiger partial charge is 0.507 e. The van der Waals surface area contributed by atoms with Gasteiger partial charge in [0, 0.05) is 28.4 Å². The van der Waals surface area contributed by atoms with Crippen LogP contribution in [0.2, 0.25) is 5.02 Å². The quantitative estimate of drug-likeness (QED) is 0.189. The summed E-state index contributed by atoms with van der Waals surface area (Å²) >= 11 is 5.93. The Morgan fingerprint density at radius 3 is 2.33 bits per heavy atom. The number of benzene rings is 3. The zero-order valence-electron chi connectivity index (χ0n) is 17.3. The molecule has 1 aliphatic rings. The van der Waals surface area contributed by atoms with Crippen molar-refractivity contribution in [2.24, 2.45) is 0 Å². The van der Waals surface area contributed by atoms with E-state index in [1.54, 1.807) is 42.5 Å². The number of aliphatic hydroxyl groups is 1. The lowest BCUT2D eigenvalue weighted by atomic mass is 9.95. The smallest absolute Gasteiger partial charge is 0.300 e. The van der Waals surface area contributed by atoms with Crippen LogP contribution in [0.3, 0.4) is 0 Å². The summed E-state index contributed by atoms with van der Waals surface area (Å²) in [5, 5.41) is 22.8. The van der Waals surface area contributed by atoms with Crippen LogP contribution in [-0.2, 0) is 9.59 Å². The number of methoxy groups -OCH3 is 1. The number of ether oxygens (including phenoxy) is 1. The molecule has 0 aliphatic carbocycles. The van der Waals surface area contributed by atoms with Crippen LogP contribution in [0.4, 0.5) is 11.4 Å². The molecule has 1 aliphatic heterocycles. The highest BCUT2D eigenvalue weighted by Gasteiger charge is 2.47. The molecule has 1 heterocycles. The molecule has 1 saturated heterocycles. The molecule has 1 fully saturated rings. The molecule has 0 aromatic heterocycles. The summed E-state index contributed by atoms with van der Waals surface area (Å²) in [5.41, 5.74) is 0.555. The summed E-state index contributed by atoms with van der Waals surface area (Å²) in [6.45, 7) is 0. The molecule has 8 nitrogen and oxygen atoms in total. The van der Waals surface area contributed by atoms with Crippen LogP contribution in [0.15, 0.2) is 78.4 Å². The number of nitro groups is 1. The molecular weight excluding hydrogens is 448 g/mol. The van der Waals surface area contributed by atoms with Crippen molar-refractivity contribution in [1.29, 1.82) is 0 Å². The number of halogens is 1. The number of anilines is 1. The van der Waals surface area contributed by atoms with E-state index in [0.29, 0.717) is 22.0 Å². The van der Waals surface area contributed by atoms with Gasteiger partial charge in [-0.2, -0.15) is 0 Å². The van der Waals surface area contributed by atoms with Gasteiger partial charge in [0.05, 0.1) is 23.6 Å². The highest BCUT2D eigenvalue weighted by molar-refractivity contribution is 6.51. The molecule has 0 bridgehead atoms. The molecule has 1 atom stereocenters. The van der Waals surface area contributed by atoms with Crippen LogP contribution in [0, 0.1) is 10.1 Å². The molecule has 0 saturated carbocycles. The third-order valence-electron chi connectivity index (χ3n) is 5.31. The highest BCUT2D eigenvalue weighted by Crippen LogP contribution is 2.43. The topological polar surface area (TPSA) is 110 Å². The maximum Gasteiger partial charge on any atom is 0.300 e. The van der Waals surface area contributed by atoms with E-state index in [9.17, 15) is 24.8 Å². The summed E-state index contributed by atoms with van der Waals surface area (Å²) in [6.07, 6.45) is 0. The maximum atomic E-state index is 13.1. The minimum absolute atomic E-state index is 0.182. The number of carbonyl (C=O) groups excluding carboxylic acids is 2. The van der Waals surface area contributed by atoms with E-state index in [1.165, 1.54) is 42.3 Å². The first-order valence-electron chi connectivity index (χ1n) is 9.77. The van der Waals surface area contributed by atoms with Gasteiger partial charge in [-0.3, -0.25) is 24.6 Å². The fourth-order valence-corrected chi connectivity index (χ4v) is 3.85. The monoisotopic (exact) mass is 464 g/mol. The Morgan fingerprint density at radius 1 is 1.06 bits per heavy atom. The zero-order chi connectivity index (χ0) is 23.7. The van der Waals surface area contributed by atoms with E-state index in [-0.39, 0.29) is 16.8 Å². The number of nitro benzene ring substituents is 1. The summed E-state index contributed by atoms with van der Waals surface area (Å²) in [6, 6.07) is 17.1. The van der Waals surface area contributed by atoms with Crippen LogP contribution in [0.1, 0.15) is 17.2 Å². The van der Waals surface area contributed by atoms with Gasteiger partial charge in [-0.15, -0.1) is 0 Å². The Bertz CT molecular complexity index is 1290. The molecule has 33 heavy (non-hydrogen) atoms. The highest BCUT2D eigenvalue weighted by atomic mass is 35.5. The van der Waals surface area contributed by atoms with Gasteiger partial charge in [-0.1, -0.05) is 23.7 Å². The molecule has 9 heteroatoms. The molecule has 1 amide bonds. The Balaban J connectivity index is 1.94. The molecule has 0 unspecified atom stereocenters. The normalized spacial score (nSPS) is 17.3. The first kappa shape index (κ1) is 22.0. The van der Waals surface area contributed by atoms with Crippen LogP contribution < -0.4 is 9.64 Å². The lowest BCUT2D eigenvalue weighted by molar-refractivity contribution is -0.384. The lowest BCUT2D eigenvalue weighted by Crippen LogP contribution is -2.29. The molecule has 4 rings (SSSR count). The number of amides is 1. The van der Waals surface area contributed by atoms with Gasteiger partial charge in [0.1, 0.15) is 11.5 Å². The van der Waals surface area contributed by atoms with Crippen molar-refractivity contribution >= 4 is 40.4 Å². The SMILES string of the molecule is COc1ccc(N2C(=O)C(=O)/C(=C(/O)c3ccc(Cl)cc3)[C@@H]2c2cccc([N+](=O)[O-])c2)cc1. The Morgan fingerprint density at radius 2 is 1.73 bits per heavy atom. The van der Waals surface area contributed by atoms with Gasteiger partial charge in [-0.05, 0) is 54.1 Å². The minimum Gasteiger partial charge on any atom is -0.507 e. The number of carbonyl (C=O) groups is 2. The molecule has 166 valence electrons. The van der Waals surface area contributed by atoms with Gasteiger partial charge >= 0.3 is 0 Å². The summed E-state index contributed by atoms with van der Waals surface area (Å²) in [7, 11) is 1.50. The van der Waals surface area contributed by atoms with Crippen molar-refractivity contribution in [1.82, 2.24) is 0 Å². The van der Waals surface area contributed by atoms with E-state index >= 15 is 0 Å². The van der Waals surface area contributed by atoms with E-state index < -0.39 is 28.4 Å². The fraction of sp³-hybridized carbons (Fsp3) is 0.0833. The average Bonchev–Trinajstić information content (AvgIpc) is 3.09. The predicted molar refractivity (Wildman–Crippen MR) is 122 cm³/mol. The fourth-order valence-electron chi connectivity index (χ4n) is 3.73. The predicted octanol–water partition coefficient (Wildman–Crippen LogP) is 4.88. The summed E-state index contributed by atoms with van der Waals surface area (Å²) < 4.78 is 5.15. The Hall–Kier alpha value is -4.17. The zero-order valence-corrected chi connectivity index (χ0v) is 18.0. The number of hydrogen-bond acceptors (Lipinski definition) is 6. The van der Waals surface area contributed by atoms with E-state index in [1.807, 2.05) is 0 Å². The first-order valence-corrected chi connectivity index (χ1v) is 10.1. The van der Waals surface area contributed by atoms with Crippen molar-refractivity contribution in [3.63, 3.8) is 0 Å². The second-order valence-corrected chi connectivity index (χ2v) is 7.66. The van der Waals surface area contributed by atoms with E-state index in [2.05, 4.69) is 0 Å². The molecule has 1 N–H and O–H groups in total. The van der Waals surface area contributed by atoms with Crippen LogP contribution in [0.25, 0.3) is 5.76 Å². The molecule has 3 aromatic rings. The standard InChI is InChI=1S/C24H17ClN2O6/c1-33-19-11-9-17(10-12-19)26-21(15-3-2-4-18(13-15)27(31)32)20(23(29)24(26)30)22(28)14-5-7-16(25)8-6-14/h2-13,21,28H,1H3/b22-20+/t21-/m0/s1. The van der Waals surface area contributed by atoms with Gasteiger partial charge in [0.2, 0.25) is 0 Å². The van der Waals surface area contributed by atoms with Crippen molar-refractivity contribution in [2.45, 2.75) is 6.04 Å². The molecular formula is C24H17ClN2O6. The summed E-state index contributed by atoms with van der Waals surface area (Å²) in [4.78, 5) is 38.2. The van der Waals surface area contributed by atoms with E-state index in [0.717, 1.165) is 0 Å². The number of rotatable bonds is 5. The summed E-state index contributed by atoms with van der Waals surface area (Å²) in [5.74, 6) is -1.64. The second-order valence-electron chi connectivity index (χ2n) is 7.23. The van der Waals surface area contributed by atoms with Gasteiger partial charge in [0.25, 0.3) is 17.4 Å². The van der Waals surface area contributed by atoms with Gasteiger partial charge < -0.3 is 9.84 Å². The Labute approximate surface area is 193 Å². The maximum absolute atomic E-state index is 13.1. The second kappa shape index (κ2) is 8.76. The van der Waals surface area contributed by atoms with Crippen LogP contribution in [-0.4, -0.2) is 28.8 Å². The first-order chi connectivity index (χ1) is 15.8. The number of nitrogens with zero attached hydrogens (tertiary/aromatic N) is 2. The van der Waals surface area contributed by atoms with Crippen molar-refractivity contribution in [2.75, 3.05) is 12.0 Å². The van der Waals surface area contributed by atoms with Gasteiger partial charge in [-0.25, -0.2) is 0 Å². The molecule has 3 aromatic carbocycles. The average molecular weight is 465 g/mol. The van der Waals surface area contributed by atoms with Crippen molar-refractivity contribution < 1.29 is 24.4 Å². The van der Waals surface area contributed by atoms with Crippen LogP contribution >= 0.6 is 11.6 Å². The van der Waals surface area contributed by atoms with E-state index in [4.69, 9.17) is 16.3 Å². The lowest BCUT2D eigenvalue weighted by Gasteiger charge is -2.25. The van der Waals surface area contributed by atoms with Crippen molar-refractivity contribution in [3.8, 4) is 5.75 Å². The van der Waals surface area contributed by atoms with Crippen molar-refractivity contribution in [3.05, 3.63) is 105 Å². The minimum atomic E-state index is -1.09. The number of ketones is 1. The third-order valence-corrected chi connectivity index (χ3v) is 5.56. The number of non-ortho nitro benzene ring substituents is 1. The molecule has 0 radical (unpaired) electrons. The number of hydrogen-bond donors (Lipinski definition) is 1. The Kier molecular flexibility index (Phi) is 5.85. The van der Waals surface area contributed by atoms with Gasteiger partial charge in [0.15, 0.2) is 0 Å². The third kappa shape index (κ3) is 4.04.